The van der Waals surface area contributed by atoms with E-state index in [1.165, 1.54) is 12.8 Å². The molecule has 0 fully saturated rings. The van der Waals surface area contributed by atoms with Gasteiger partial charge in [-0.2, -0.15) is 0 Å². The lowest BCUT2D eigenvalue weighted by Crippen LogP contribution is -2.09. The van der Waals surface area contributed by atoms with Crippen molar-refractivity contribution in [2.24, 2.45) is 0 Å². The summed E-state index contributed by atoms with van der Waals surface area (Å²) >= 11 is 0. The minimum absolute atomic E-state index is 0.221. The van der Waals surface area contributed by atoms with Gasteiger partial charge in [-0.1, -0.05) is 32.3 Å². The van der Waals surface area contributed by atoms with Crippen LogP contribution in [0, 0.1) is 0 Å². The van der Waals surface area contributed by atoms with E-state index in [2.05, 4.69) is 13.5 Å². The lowest BCUT2D eigenvalue weighted by atomic mass is 10.2. The second kappa shape index (κ2) is 14.1. The fourth-order valence-corrected chi connectivity index (χ4v) is 1.65. The Balaban J connectivity index is 3.37. The number of rotatable bonds is 13. The number of allylic oxidation sites excluding steroid dienone is 1. The summed E-state index contributed by atoms with van der Waals surface area (Å²) in [7, 11) is 0. The molecule has 0 saturated heterocycles. The van der Waals surface area contributed by atoms with E-state index in [-0.39, 0.29) is 24.8 Å². The van der Waals surface area contributed by atoms with E-state index in [0.717, 1.165) is 25.7 Å². The molecule has 0 unspecified atom stereocenters. The predicted molar refractivity (Wildman–Crippen MR) is 79.3 cm³/mol. The van der Waals surface area contributed by atoms with Crippen LogP contribution in [0.5, 0.6) is 0 Å². The Morgan fingerprint density at radius 3 is 2.05 bits per heavy atom. The molecule has 0 aromatic heterocycles. The van der Waals surface area contributed by atoms with E-state index >= 15 is 0 Å². The largest absolute Gasteiger partial charge is 0.466 e. The topological polar surface area (TPSA) is 52.6 Å². The molecular formula is C16H28O4. The minimum atomic E-state index is -0.246. The molecule has 0 amide bonds. The average molecular weight is 284 g/mol. The van der Waals surface area contributed by atoms with E-state index < -0.39 is 0 Å². The molecule has 116 valence electrons. The second-order valence-electron chi connectivity index (χ2n) is 4.79. The van der Waals surface area contributed by atoms with Crippen molar-refractivity contribution in [1.82, 2.24) is 0 Å². The van der Waals surface area contributed by atoms with Gasteiger partial charge < -0.3 is 9.47 Å². The van der Waals surface area contributed by atoms with Gasteiger partial charge in [-0.15, -0.1) is 6.58 Å². The van der Waals surface area contributed by atoms with Crippen LogP contribution in [-0.2, 0) is 19.1 Å². The Morgan fingerprint density at radius 2 is 1.50 bits per heavy atom. The SMILES string of the molecule is C=CCCCOC(=O)CCCC(=O)OCCCCCC. The molecule has 0 aromatic carbocycles. The zero-order valence-electron chi connectivity index (χ0n) is 12.7. The number of carbonyl (C=O) groups is 2. The fourth-order valence-electron chi connectivity index (χ4n) is 1.65. The molecule has 0 heterocycles. The van der Waals surface area contributed by atoms with E-state index in [1.54, 1.807) is 6.08 Å². The second-order valence-corrected chi connectivity index (χ2v) is 4.79. The molecule has 0 N–H and O–H groups in total. The Morgan fingerprint density at radius 1 is 0.900 bits per heavy atom. The lowest BCUT2D eigenvalue weighted by molar-refractivity contribution is -0.145. The highest BCUT2D eigenvalue weighted by Gasteiger charge is 2.07. The highest BCUT2D eigenvalue weighted by atomic mass is 16.5. The molecule has 0 spiro atoms. The molecule has 0 rings (SSSR count). The molecule has 0 aliphatic heterocycles. The number of unbranched alkanes of at least 4 members (excludes halogenated alkanes) is 4. The van der Waals surface area contributed by atoms with Crippen LogP contribution < -0.4 is 0 Å². The molecule has 0 atom stereocenters. The van der Waals surface area contributed by atoms with Gasteiger partial charge in [-0.3, -0.25) is 9.59 Å². The fraction of sp³-hybridized carbons (Fsp3) is 0.750. The highest BCUT2D eigenvalue weighted by molar-refractivity contribution is 5.72. The Kier molecular flexibility index (Phi) is 13.2. The van der Waals surface area contributed by atoms with Crippen molar-refractivity contribution < 1.29 is 19.1 Å². The molecule has 0 aromatic rings. The average Bonchev–Trinajstić information content (AvgIpc) is 2.43. The monoisotopic (exact) mass is 284 g/mol. The van der Waals surface area contributed by atoms with Crippen molar-refractivity contribution in [3.63, 3.8) is 0 Å². The standard InChI is InChI=1S/C16H28O4/c1-3-5-7-9-14-20-16(18)12-10-11-15(17)19-13-8-6-4-2/h4H,2-3,5-14H2,1H3. The van der Waals surface area contributed by atoms with E-state index in [9.17, 15) is 9.59 Å². The Hall–Kier alpha value is -1.32. The molecule has 4 nitrogen and oxygen atoms in total. The number of ether oxygens (including phenoxy) is 2. The third-order valence-corrected chi connectivity index (χ3v) is 2.84. The van der Waals surface area contributed by atoms with Gasteiger partial charge >= 0.3 is 11.9 Å². The van der Waals surface area contributed by atoms with Gasteiger partial charge in [0.1, 0.15) is 0 Å². The summed E-state index contributed by atoms with van der Waals surface area (Å²) in [6.07, 6.45) is 8.86. The van der Waals surface area contributed by atoms with Crippen LogP contribution in [0.25, 0.3) is 0 Å². The molecular weight excluding hydrogens is 256 g/mol. The van der Waals surface area contributed by atoms with Crippen molar-refractivity contribution in [2.45, 2.75) is 64.7 Å². The van der Waals surface area contributed by atoms with Crippen molar-refractivity contribution in [2.75, 3.05) is 13.2 Å². The summed E-state index contributed by atoms with van der Waals surface area (Å²) in [5.41, 5.74) is 0. The first-order chi connectivity index (χ1) is 9.70. The third-order valence-electron chi connectivity index (χ3n) is 2.84. The first kappa shape index (κ1) is 18.7. The summed E-state index contributed by atoms with van der Waals surface area (Å²) in [4.78, 5) is 22.7. The normalized spacial score (nSPS) is 10.1. The van der Waals surface area contributed by atoms with Gasteiger partial charge in [0, 0.05) is 12.8 Å². The van der Waals surface area contributed by atoms with Crippen LogP contribution in [0.3, 0.4) is 0 Å². The third kappa shape index (κ3) is 13.1. The summed E-state index contributed by atoms with van der Waals surface area (Å²) in [6.45, 7) is 6.65. The first-order valence-corrected chi connectivity index (χ1v) is 7.62. The highest BCUT2D eigenvalue weighted by Crippen LogP contribution is 2.03. The van der Waals surface area contributed by atoms with Gasteiger partial charge in [0.05, 0.1) is 13.2 Å². The van der Waals surface area contributed by atoms with Gasteiger partial charge in [0.25, 0.3) is 0 Å². The first-order valence-electron chi connectivity index (χ1n) is 7.62. The minimum Gasteiger partial charge on any atom is -0.466 e. The van der Waals surface area contributed by atoms with E-state index in [1.807, 2.05) is 0 Å². The molecule has 0 aliphatic carbocycles. The van der Waals surface area contributed by atoms with Crippen LogP contribution in [0.1, 0.15) is 64.7 Å². The van der Waals surface area contributed by atoms with Crippen LogP contribution in [0.4, 0.5) is 0 Å². The summed E-state index contributed by atoms with van der Waals surface area (Å²) < 4.78 is 10.1. The van der Waals surface area contributed by atoms with E-state index in [0.29, 0.717) is 19.6 Å². The number of hydrogen-bond acceptors (Lipinski definition) is 4. The van der Waals surface area contributed by atoms with Crippen LogP contribution in [0.2, 0.25) is 0 Å². The maximum atomic E-state index is 11.4. The predicted octanol–water partition coefficient (Wildman–Crippen LogP) is 3.79. The van der Waals surface area contributed by atoms with Crippen LogP contribution in [0.15, 0.2) is 12.7 Å². The van der Waals surface area contributed by atoms with Gasteiger partial charge in [0.15, 0.2) is 0 Å². The quantitative estimate of drug-likeness (QED) is 0.293. The smallest absolute Gasteiger partial charge is 0.305 e. The molecule has 4 heteroatoms. The number of esters is 2. The molecule has 20 heavy (non-hydrogen) atoms. The maximum absolute atomic E-state index is 11.4. The molecule has 0 saturated carbocycles. The van der Waals surface area contributed by atoms with Crippen molar-refractivity contribution >= 4 is 11.9 Å². The maximum Gasteiger partial charge on any atom is 0.305 e. The van der Waals surface area contributed by atoms with Gasteiger partial charge in [-0.05, 0) is 25.7 Å². The van der Waals surface area contributed by atoms with Crippen molar-refractivity contribution in [3.05, 3.63) is 12.7 Å². The Bertz CT molecular complexity index is 274. The number of hydrogen-bond donors (Lipinski definition) is 0. The summed E-state index contributed by atoms with van der Waals surface area (Å²) in [5.74, 6) is -0.467. The molecule has 0 radical (unpaired) electrons. The van der Waals surface area contributed by atoms with Crippen molar-refractivity contribution in [3.8, 4) is 0 Å². The number of carbonyl (C=O) groups excluding carboxylic acids is 2. The van der Waals surface area contributed by atoms with Gasteiger partial charge in [0.2, 0.25) is 0 Å². The molecule has 0 bridgehead atoms. The zero-order valence-corrected chi connectivity index (χ0v) is 12.7. The lowest BCUT2D eigenvalue weighted by Gasteiger charge is -2.05. The van der Waals surface area contributed by atoms with Gasteiger partial charge in [-0.25, -0.2) is 0 Å². The Labute approximate surface area is 122 Å². The van der Waals surface area contributed by atoms with Crippen LogP contribution >= 0.6 is 0 Å². The summed E-state index contributed by atoms with van der Waals surface area (Å²) in [6, 6.07) is 0. The van der Waals surface area contributed by atoms with Crippen molar-refractivity contribution in [1.29, 1.82) is 0 Å². The molecule has 0 aliphatic rings. The zero-order chi connectivity index (χ0) is 15.1. The summed E-state index contributed by atoms with van der Waals surface area (Å²) in [5, 5.41) is 0. The van der Waals surface area contributed by atoms with E-state index in [4.69, 9.17) is 9.47 Å². The van der Waals surface area contributed by atoms with Crippen LogP contribution in [-0.4, -0.2) is 25.2 Å².